The molecular weight excluding hydrogens is 194 g/mol. The Labute approximate surface area is 79.9 Å². The standard InChI is InChI=1S/C8H12F2N2O2/c9-8(10)4-12(7(13)14)6-1-2-11-3-5(6)8/h5-6,11H,1-4H2,(H,13,14). The molecule has 6 heteroatoms. The molecule has 2 N–H and O–H groups in total. The van der Waals surface area contributed by atoms with Crippen molar-refractivity contribution in [3.8, 4) is 0 Å². The molecule has 4 nitrogen and oxygen atoms in total. The summed E-state index contributed by atoms with van der Waals surface area (Å²) < 4.78 is 26.7. The van der Waals surface area contributed by atoms with Gasteiger partial charge in [-0.1, -0.05) is 0 Å². The zero-order chi connectivity index (χ0) is 10.3. The van der Waals surface area contributed by atoms with Gasteiger partial charge in [0, 0.05) is 12.6 Å². The first kappa shape index (κ1) is 9.64. The van der Waals surface area contributed by atoms with Crippen molar-refractivity contribution in [3.05, 3.63) is 0 Å². The van der Waals surface area contributed by atoms with E-state index in [0.717, 1.165) is 4.90 Å². The number of hydrogen-bond donors (Lipinski definition) is 2. The predicted molar refractivity (Wildman–Crippen MR) is 44.4 cm³/mol. The highest BCUT2D eigenvalue weighted by atomic mass is 19.3. The Hall–Kier alpha value is -0.910. The van der Waals surface area contributed by atoms with Crippen LogP contribution in [0.2, 0.25) is 0 Å². The minimum absolute atomic E-state index is 0.210. The highest BCUT2D eigenvalue weighted by Gasteiger charge is 2.56. The van der Waals surface area contributed by atoms with E-state index in [1.807, 2.05) is 0 Å². The van der Waals surface area contributed by atoms with Crippen LogP contribution in [0.4, 0.5) is 13.6 Å². The third-order valence-electron chi connectivity index (χ3n) is 3.02. The second kappa shape index (κ2) is 3.05. The third-order valence-corrected chi connectivity index (χ3v) is 3.02. The maximum atomic E-state index is 13.3. The number of alkyl halides is 2. The summed E-state index contributed by atoms with van der Waals surface area (Å²) in [5.41, 5.74) is 0. The molecule has 2 fully saturated rings. The van der Waals surface area contributed by atoms with E-state index >= 15 is 0 Å². The van der Waals surface area contributed by atoms with Gasteiger partial charge in [0.1, 0.15) is 0 Å². The molecule has 0 aromatic rings. The van der Waals surface area contributed by atoms with Gasteiger partial charge in [0.2, 0.25) is 0 Å². The Kier molecular flexibility index (Phi) is 2.10. The van der Waals surface area contributed by atoms with Crippen molar-refractivity contribution < 1.29 is 18.7 Å². The molecule has 80 valence electrons. The lowest BCUT2D eigenvalue weighted by Crippen LogP contribution is -2.47. The molecule has 2 saturated heterocycles. The van der Waals surface area contributed by atoms with Crippen molar-refractivity contribution >= 4 is 6.09 Å². The van der Waals surface area contributed by atoms with Gasteiger partial charge in [0.25, 0.3) is 5.92 Å². The fraction of sp³-hybridized carbons (Fsp3) is 0.875. The molecule has 0 aromatic carbocycles. The Bertz CT molecular complexity index is 260. The van der Waals surface area contributed by atoms with Gasteiger partial charge in [0.05, 0.1) is 12.5 Å². The van der Waals surface area contributed by atoms with Crippen LogP contribution in [0.3, 0.4) is 0 Å². The van der Waals surface area contributed by atoms with Crippen LogP contribution in [0.1, 0.15) is 6.42 Å². The van der Waals surface area contributed by atoms with Crippen LogP contribution in [-0.4, -0.2) is 47.7 Å². The summed E-state index contributed by atoms with van der Waals surface area (Å²) in [4.78, 5) is 11.6. The summed E-state index contributed by atoms with van der Waals surface area (Å²) in [6.07, 6.45) is -0.758. The molecule has 2 aliphatic heterocycles. The van der Waals surface area contributed by atoms with Crippen molar-refractivity contribution in [3.63, 3.8) is 0 Å². The zero-order valence-corrected chi connectivity index (χ0v) is 7.54. The number of carbonyl (C=O) groups is 1. The van der Waals surface area contributed by atoms with Gasteiger partial charge in [0.15, 0.2) is 0 Å². The molecule has 0 bridgehead atoms. The molecular formula is C8H12F2N2O2. The van der Waals surface area contributed by atoms with Gasteiger partial charge in [-0.25, -0.2) is 13.6 Å². The van der Waals surface area contributed by atoms with Crippen LogP contribution < -0.4 is 5.32 Å². The van der Waals surface area contributed by atoms with E-state index in [2.05, 4.69) is 5.32 Å². The molecule has 2 heterocycles. The van der Waals surface area contributed by atoms with Gasteiger partial charge >= 0.3 is 6.09 Å². The molecule has 14 heavy (non-hydrogen) atoms. The van der Waals surface area contributed by atoms with E-state index in [-0.39, 0.29) is 6.54 Å². The first-order chi connectivity index (χ1) is 6.52. The van der Waals surface area contributed by atoms with Gasteiger partial charge in [-0.3, -0.25) is 4.90 Å². The summed E-state index contributed by atoms with van der Waals surface area (Å²) in [6.45, 7) is 0.168. The average molecular weight is 206 g/mol. The Morgan fingerprint density at radius 2 is 2.29 bits per heavy atom. The molecule has 2 aliphatic rings. The van der Waals surface area contributed by atoms with Crippen molar-refractivity contribution in [1.82, 2.24) is 10.2 Å². The summed E-state index contributed by atoms with van der Waals surface area (Å²) >= 11 is 0. The van der Waals surface area contributed by atoms with Crippen LogP contribution in [0.25, 0.3) is 0 Å². The summed E-state index contributed by atoms with van der Waals surface area (Å²) in [5.74, 6) is -3.73. The van der Waals surface area contributed by atoms with Gasteiger partial charge in [-0.05, 0) is 13.0 Å². The summed E-state index contributed by atoms with van der Waals surface area (Å²) in [5, 5.41) is 11.6. The maximum absolute atomic E-state index is 13.3. The van der Waals surface area contributed by atoms with Crippen LogP contribution in [-0.2, 0) is 0 Å². The van der Waals surface area contributed by atoms with Crippen LogP contribution >= 0.6 is 0 Å². The third kappa shape index (κ3) is 1.33. The number of nitrogens with zero attached hydrogens (tertiary/aromatic N) is 1. The smallest absolute Gasteiger partial charge is 0.407 e. The average Bonchev–Trinajstić information content (AvgIpc) is 2.40. The summed E-state index contributed by atoms with van der Waals surface area (Å²) in [7, 11) is 0. The van der Waals surface area contributed by atoms with E-state index in [4.69, 9.17) is 5.11 Å². The number of carboxylic acid groups (broad SMARTS) is 1. The van der Waals surface area contributed by atoms with E-state index in [9.17, 15) is 13.6 Å². The van der Waals surface area contributed by atoms with E-state index in [0.29, 0.717) is 13.0 Å². The number of fused-ring (bicyclic) bond motifs is 1. The minimum atomic E-state index is -2.88. The second-order valence-corrected chi connectivity index (χ2v) is 3.84. The lowest BCUT2D eigenvalue weighted by Gasteiger charge is -2.30. The fourth-order valence-electron chi connectivity index (χ4n) is 2.32. The minimum Gasteiger partial charge on any atom is -0.465 e. The molecule has 0 aliphatic carbocycles. The van der Waals surface area contributed by atoms with Crippen molar-refractivity contribution in [2.24, 2.45) is 5.92 Å². The number of piperidine rings is 1. The second-order valence-electron chi connectivity index (χ2n) is 3.84. The van der Waals surface area contributed by atoms with Crippen molar-refractivity contribution in [1.29, 1.82) is 0 Å². The first-order valence-electron chi connectivity index (χ1n) is 4.60. The number of amides is 1. The molecule has 0 saturated carbocycles. The number of likely N-dealkylation sites (tertiary alicyclic amines) is 1. The van der Waals surface area contributed by atoms with Crippen molar-refractivity contribution in [2.75, 3.05) is 19.6 Å². The normalized spacial score (nSPS) is 35.4. The molecule has 2 atom stereocenters. The lowest BCUT2D eigenvalue weighted by molar-refractivity contribution is -0.0325. The van der Waals surface area contributed by atoms with Gasteiger partial charge < -0.3 is 10.4 Å². The van der Waals surface area contributed by atoms with Crippen molar-refractivity contribution in [2.45, 2.75) is 18.4 Å². The van der Waals surface area contributed by atoms with Crippen LogP contribution in [0, 0.1) is 5.92 Å². The molecule has 1 amide bonds. The zero-order valence-electron chi connectivity index (χ0n) is 7.54. The maximum Gasteiger partial charge on any atom is 0.407 e. The van der Waals surface area contributed by atoms with E-state index in [1.165, 1.54) is 0 Å². The molecule has 0 radical (unpaired) electrons. The quantitative estimate of drug-likeness (QED) is 0.610. The molecule has 0 aromatic heterocycles. The topological polar surface area (TPSA) is 52.6 Å². The number of rotatable bonds is 0. The van der Waals surface area contributed by atoms with E-state index < -0.39 is 30.5 Å². The van der Waals surface area contributed by atoms with Gasteiger partial charge in [-0.15, -0.1) is 0 Å². The lowest BCUT2D eigenvalue weighted by atomic mass is 9.92. The highest BCUT2D eigenvalue weighted by molar-refractivity contribution is 5.66. The Morgan fingerprint density at radius 1 is 1.57 bits per heavy atom. The molecule has 2 unspecified atom stereocenters. The SMILES string of the molecule is O=C(O)N1CC(F)(F)C2CNCCC21. The summed E-state index contributed by atoms with van der Waals surface area (Å²) in [6, 6.07) is -0.510. The number of halogens is 2. The highest BCUT2D eigenvalue weighted by Crippen LogP contribution is 2.40. The monoisotopic (exact) mass is 206 g/mol. The molecule has 0 spiro atoms. The Balaban J connectivity index is 2.21. The molecule has 2 rings (SSSR count). The first-order valence-corrected chi connectivity index (χ1v) is 4.60. The van der Waals surface area contributed by atoms with Crippen LogP contribution in [0.5, 0.6) is 0 Å². The largest absolute Gasteiger partial charge is 0.465 e. The Morgan fingerprint density at radius 3 is 2.93 bits per heavy atom. The van der Waals surface area contributed by atoms with Crippen LogP contribution in [0.15, 0.2) is 0 Å². The predicted octanol–water partition coefficient (Wildman–Crippen LogP) is 0.593. The van der Waals surface area contributed by atoms with Gasteiger partial charge in [-0.2, -0.15) is 0 Å². The number of nitrogens with one attached hydrogen (secondary N) is 1. The van der Waals surface area contributed by atoms with E-state index in [1.54, 1.807) is 0 Å². The fourth-order valence-corrected chi connectivity index (χ4v) is 2.32. The number of hydrogen-bond acceptors (Lipinski definition) is 2.